The molecule has 2 aliphatic heterocycles. The molecule has 0 radical (unpaired) electrons. The Morgan fingerprint density at radius 3 is 2.26 bits per heavy atom. The molecule has 2 aromatic heterocycles. The number of aromatic nitrogens is 3. The number of anilines is 1. The van der Waals surface area contributed by atoms with Crippen molar-refractivity contribution in [3.05, 3.63) is 47.7 Å². The van der Waals surface area contributed by atoms with Crippen LogP contribution in [-0.2, 0) is 9.47 Å². The molecule has 0 aliphatic carbocycles. The largest absolute Gasteiger partial charge is 0.468 e. The first-order chi connectivity index (χ1) is 27.0. The lowest BCUT2D eigenvalue weighted by Crippen LogP contribution is -2.57. The summed E-state index contributed by atoms with van der Waals surface area (Å²) in [6.07, 6.45) is 2.72. The van der Waals surface area contributed by atoms with Crippen LogP contribution in [0.1, 0.15) is 80.7 Å². The maximum absolute atomic E-state index is 17.4. The second-order valence-electron chi connectivity index (χ2n) is 17.0. The van der Waals surface area contributed by atoms with Gasteiger partial charge in [-0.05, 0) is 73.8 Å². The summed E-state index contributed by atoms with van der Waals surface area (Å²) in [5.41, 5.74) is 4.21. The molecule has 2 unspecified atom stereocenters. The minimum Gasteiger partial charge on any atom is -0.468 e. The van der Waals surface area contributed by atoms with Crippen molar-refractivity contribution in [3.63, 3.8) is 0 Å². The van der Waals surface area contributed by atoms with E-state index in [1.807, 2.05) is 30.6 Å². The standard InChI is InChI=1S/C43H55F2N5O6Si/c1-25(2)57(26(3)4,27(5)6)18-15-32-35(44)14-11-28-19-31(55-24-53-10)20-33(36(28)32)38-37(45)39-34(21-46-38)40(48-41(47-39)54-17-16-51)49-22-29-12-13-30(23-49)50(29)42(52)56-43(7,8)9/h11,14,19-21,25-27,29-30,51H,12-13,16-17,22-24H2,1-10H3. The van der Waals surface area contributed by atoms with E-state index in [9.17, 15) is 9.90 Å². The molecule has 0 saturated carbocycles. The summed E-state index contributed by atoms with van der Waals surface area (Å²) >= 11 is 0. The lowest BCUT2D eigenvalue weighted by atomic mass is 9.95. The van der Waals surface area contributed by atoms with Crippen molar-refractivity contribution in [1.82, 2.24) is 19.9 Å². The highest BCUT2D eigenvalue weighted by Gasteiger charge is 2.45. The molecule has 2 bridgehead atoms. The summed E-state index contributed by atoms with van der Waals surface area (Å²) in [5.74, 6) is 2.77. The summed E-state index contributed by atoms with van der Waals surface area (Å²) in [6, 6.07) is 5.96. The molecule has 1 N–H and O–H groups in total. The van der Waals surface area contributed by atoms with Gasteiger partial charge in [-0.2, -0.15) is 9.97 Å². The SMILES string of the molecule is COCOc1cc(-c2ncc3c(N4CC5CCC(C4)N5C(=O)OC(C)(C)C)nc(OCCO)nc3c2F)c2c(C#C[Si](C(C)C)(C(C)C)C(C)C)c(F)ccc2c1. The number of benzene rings is 2. The Labute approximate surface area is 335 Å². The minimum atomic E-state index is -2.30. The van der Waals surface area contributed by atoms with Crippen LogP contribution in [-0.4, -0.2) is 97.0 Å². The van der Waals surface area contributed by atoms with Crippen molar-refractivity contribution >= 4 is 41.7 Å². The van der Waals surface area contributed by atoms with Crippen LogP contribution in [0.3, 0.4) is 0 Å². The number of ether oxygens (including phenoxy) is 4. The highest BCUT2D eigenvalue weighted by atomic mass is 28.3. The minimum absolute atomic E-state index is 0.0638. The summed E-state index contributed by atoms with van der Waals surface area (Å²) in [6.45, 7) is 19.1. The fourth-order valence-corrected chi connectivity index (χ4v) is 14.1. The van der Waals surface area contributed by atoms with Gasteiger partial charge < -0.3 is 29.0 Å². The van der Waals surface area contributed by atoms with E-state index in [4.69, 9.17) is 23.9 Å². The molecule has 4 aromatic rings. The third-order valence-electron chi connectivity index (χ3n) is 11.3. The van der Waals surface area contributed by atoms with Crippen molar-refractivity contribution in [2.24, 2.45) is 0 Å². The van der Waals surface area contributed by atoms with E-state index in [0.717, 1.165) is 12.8 Å². The van der Waals surface area contributed by atoms with E-state index >= 15 is 8.78 Å². The zero-order valence-electron chi connectivity index (χ0n) is 34.7. The van der Waals surface area contributed by atoms with Crippen molar-refractivity contribution in [2.45, 2.75) is 109 Å². The monoisotopic (exact) mass is 803 g/mol. The van der Waals surface area contributed by atoms with Gasteiger partial charge in [0, 0.05) is 37.3 Å². The molecule has 14 heteroatoms. The Morgan fingerprint density at radius 2 is 1.67 bits per heavy atom. The number of aliphatic hydroxyl groups is 1. The normalized spacial score (nSPS) is 17.2. The van der Waals surface area contributed by atoms with Crippen molar-refractivity contribution in [3.8, 4) is 34.5 Å². The molecule has 6 rings (SSSR count). The van der Waals surface area contributed by atoms with Crippen LogP contribution < -0.4 is 14.4 Å². The van der Waals surface area contributed by atoms with Gasteiger partial charge in [-0.1, -0.05) is 53.5 Å². The van der Waals surface area contributed by atoms with Gasteiger partial charge in [0.25, 0.3) is 0 Å². The number of rotatable bonds is 11. The van der Waals surface area contributed by atoms with Crippen LogP contribution in [0.4, 0.5) is 19.4 Å². The fraction of sp³-hybridized carbons (Fsp3) is 0.535. The number of piperazine rings is 1. The molecule has 1 amide bonds. The van der Waals surface area contributed by atoms with Gasteiger partial charge in [0.1, 0.15) is 48.9 Å². The van der Waals surface area contributed by atoms with Gasteiger partial charge >= 0.3 is 12.1 Å². The highest BCUT2D eigenvalue weighted by Crippen LogP contribution is 2.43. The zero-order chi connectivity index (χ0) is 41.4. The molecular weight excluding hydrogens is 749 g/mol. The van der Waals surface area contributed by atoms with Crippen molar-refractivity contribution in [2.75, 3.05) is 45.1 Å². The molecule has 306 valence electrons. The number of hydrogen-bond donors (Lipinski definition) is 1. The van der Waals surface area contributed by atoms with Crippen LogP contribution >= 0.6 is 0 Å². The van der Waals surface area contributed by atoms with Crippen LogP contribution in [0.15, 0.2) is 30.5 Å². The van der Waals surface area contributed by atoms with E-state index in [1.165, 1.54) is 19.4 Å². The molecule has 2 saturated heterocycles. The fourth-order valence-electron chi connectivity index (χ4n) is 8.88. The Bertz CT molecular complexity index is 2160. The van der Waals surface area contributed by atoms with Gasteiger partial charge in [0.2, 0.25) is 0 Å². The average Bonchev–Trinajstić information content (AvgIpc) is 3.42. The van der Waals surface area contributed by atoms with Crippen LogP contribution in [0.5, 0.6) is 11.8 Å². The van der Waals surface area contributed by atoms with E-state index in [-0.39, 0.29) is 66.5 Å². The van der Waals surface area contributed by atoms with Gasteiger partial charge in [0.15, 0.2) is 12.6 Å². The number of nitrogens with zero attached hydrogens (tertiary/aromatic N) is 5. The van der Waals surface area contributed by atoms with Gasteiger partial charge in [0.05, 0.1) is 29.6 Å². The molecule has 2 aliphatic rings. The summed E-state index contributed by atoms with van der Waals surface area (Å²) in [5, 5.41) is 10.9. The Kier molecular flexibility index (Phi) is 12.3. The van der Waals surface area contributed by atoms with E-state index in [0.29, 0.717) is 57.4 Å². The number of pyridine rings is 1. The van der Waals surface area contributed by atoms with Gasteiger partial charge in [-0.25, -0.2) is 13.6 Å². The van der Waals surface area contributed by atoms with Crippen LogP contribution in [0.2, 0.25) is 16.6 Å². The number of hydrogen-bond acceptors (Lipinski definition) is 10. The first-order valence-corrected chi connectivity index (χ1v) is 22.0. The smallest absolute Gasteiger partial charge is 0.410 e. The Balaban J connectivity index is 1.54. The highest BCUT2D eigenvalue weighted by molar-refractivity contribution is 6.90. The van der Waals surface area contributed by atoms with Crippen molar-refractivity contribution in [1.29, 1.82) is 0 Å². The molecule has 2 fully saturated rings. The average molecular weight is 804 g/mol. The lowest BCUT2D eigenvalue weighted by Gasteiger charge is -2.42. The molecule has 2 aromatic carbocycles. The number of carbonyl (C=O) groups is 1. The molecule has 0 spiro atoms. The maximum Gasteiger partial charge on any atom is 0.410 e. The summed E-state index contributed by atoms with van der Waals surface area (Å²) < 4.78 is 56.0. The lowest BCUT2D eigenvalue weighted by molar-refractivity contribution is 0.0122. The number of fused-ring (bicyclic) bond motifs is 4. The van der Waals surface area contributed by atoms with Gasteiger partial charge in [-0.3, -0.25) is 9.88 Å². The van der Waals surface area contributed by atoms with E-state index in [1.54, 1.807) is 18.2 Å². The summed E-state index contributed by atoms with van der Waals surface area (Å²) in [4.78, 5) is 30.9. The Hall–Kier alpha value is -4.58. The molecule has 2 atom stereocenters. The number of halogens is 2. The molecule has 4 heterocycles. The third kappa shape index (κ3) is 8.24. The molecular formula is C43H55F2N5O6Si. The molecule has 57 heavy (non-hydrogen) atoms. The number of methoxy groups -OCH3 is 1. The van der Waals surface area contributed by atoms with E-state index < -0.39 is 25.3 Å². The van der Waals surface area contributed by atoms with Crippen LogP contribution in [0.25, 0.3) is 32.9 Å². The van der Waals surface area contributed by atoms with Crippen LogP contribution in [0, 0.1) is 23.1 Å². The second kappa shape index (κ2) is 16.7. The first kappa shape index (κ1) is 42.0. The quantitative estimate of drug-likeness (QED) is 0.0897. The third-order valence-corrected chi connectivity index (χ3v) is 17.6. The molecule has 11 nitrogen and oxygen atoms in total. The first-order valence-electron chi connectivity index (χ1n) is 19.8. The number of carbonyl (C=O) groups excluding carboxylic acids is 1. The van der Waals surface area contributed by atoms with Crippen molar-refractivity contribution < 1.29 is 37.6 Å². The van der Waals surface area contributed by atoms with Gasteiger partial charge in [-0.15, -0.1) is 5.54 Å². The maximum atomic E-state index is 17.4. The number of amides is 1. The van der Waals surface area contributed by atoms with E-state index in [2.05, 4.69) is 63.0 Å². The Morgan fingerprint density at radius 1 is 1.00 bits per heavy atom. The predicted molar refractivity (Wildman–Crippen MR) is 220 cm³/mol. The predicted octanol–water partition coefficient (Wildman–Crippen LogP) is 8.63. The zero-order valence-corrected chi connectivity index (χ0v) is 35.7. The number of aliphatic hydroxyl groups excluding tert-OH is 1. The second-order valence-corrected chi connectivity index (χ2v) is 22.5. The summed E-state index contributed by atoms with van der Waals surface area (Å²) in [7, 11) is -0.801. The topological polar surface area (TPSA) is 119 Å².